The van der Waals surface area contributed by atoms with Crippen LogP contribution in [-0.4, -0.2) is 83.5 Å². The average Bonchev–Trinajstić information content (AvgIpc) is 3.10. The lowest BCUT2D eigenvalue weighted by atomic mass is 10.1. The molecule has 19 heteroatoms. The van der Waals surface area contributed by atoms with Crippen LogP contribution < -0.4 is 26.2 Å². The predicted octanol–water partition coefficient (Wildman–Crippen LogP) is 5.12. The van der Waals surface area contributed by atoms with Crippen LogP contribution in [0.2, 0.25) is 10.0 Å². The van der Waals surface area contributed by atoms with Crippen LogP contribution in [-0.2, 0) is 18.9 Å². The SMILES string of the molecule is O=Cc1cc(C(F)(F)F)ccc1Cl.O=c1cc(N2CCN(Cc3cc(C(F)(F)F)ccc3Cl)CC2)nc[nH]1.O=c1cc(N2CCNCC2)nc[nH]1. The normalized spacial score (nSPS) is 15.3. The molecule has 2 aromatic heterocycles. The molecule has 0 radical (unpaired) electrons. The van der Waals surface area contributed by atoms with Crippen molar-refractivity contribution in [3.05, 3.63) is 114 Å². The highest BCUT2D eigenvalue weighted by Crippen LogP contribution is 2.33. The van der Waals surface area contributed by atoms with Gasteiger partial charge in [0.05, 0.1) is 28.8 Å². The van der Waals surface area contributed by atoms with Crippen LogP contribution in [0.1, 0.15) is 27.0 Å². The van der Waals surface area contributed by atoms with Crippen LogP contribution in [0.15, 0.2) is 70.8 Å². The van der Waals surface area contributed by atoms with Crippen molar-refractivity contribution in [2.24, 2.45) is 0 Å². The van der Waals surface area contributed by atoms with Crippen molar-refractivity contribution in [3.8, 4) is 0 Å². The number of carbonyl (C=O) groups is 1. The van der Waals surface area contributed by atoms with Crippen molar-refractivity contribution in [2.45, 2.75) is 18.9 Å². The molecule has 2 aromatic carbocycles. The molecule has 0 unspecified atom stereocenters. The van der Waals surface area contributed by atoms with Gasteiger partial charge in [-0.2, -0.15) is 26.3 Å². The summed E-state index contributed by atoms with van der Waals surface area (Å²) in [7, 11) is 0. The van der Waals surface area contributed by atoms with E-state index in [0.717, 1.165) is 62.3 Å². The number of aldehydes is 1. The highest BCUT2D eigenvalue weighted by Gasteiger charge is 2.32. The molecule has 274 valence electrons. The van der Waals surface area contributed by atoms with Crippen LogP contribution in [0.5, 0.6) is 0 Å². The topological polar surface area (TPSA) is 130 Å². The van der Waals surface area contributed by atoms with Crippen molar-refractivity contribution in [1.82, 2.24) is 30.2 Å². The average molecular weight is 762 g/mol. The first-order valence-corrected chi connectivity index (χ1v) is 16.1. The maximum absolute atomic E-state index is 12.9. The number of carbonyl (C=O) groups excluding carboxylic acids is 1. The third-order valence-corrected chi connectivity index (χ3v) is 8.40. The van der Waals surface area contributed by atoms with E-state index >= 15 is 0 Å². The third-order valence-electron chi connectivity index (χ3n) is 7.68. The minimum atomic E-state index is -4.44. The van der Waals surface area contributed by atoms with E-state index in [2.05, 4.69) is 30.2 Å². The molecule has 2 fully saturated rings. The lowest BCUT2D eigenvalue weighted by molar-refractivity contribution is -0.138. The zero-order valence-electron chi connectivity index (χ0n) is 26.7. The van der Waals surface area contributed by atoms with E-state index in [-0.39, 0.29) is 28.0 Å². The van der Waals surface area contributed by atoms with Gasteiger partial charge in [0.15, 0.2) is 6.29 Å². The fourth-order valence-electron chi connectivity index (χ4n) is 5.01. The van der Waals surface area contributed by atoms with Crippen molar-refractivity contribution >= 4 is 41.1 Å². The monoisotopic (exact) mass is 760 g/mol. The molecule has 3 N–H and O–H groups in total. The Balaban J connectivity index is 0.000000189. The lowest BCUT2D eigenvalue weighted by Crippen LogP contribution is -2.46. The number of hydrogen-bond donors (Lipinski definition) is 3. The van der Waals surface area contributed by atoms with Crippen LogP contribution in [0.4, 0.5) is 38.0 Å². The van der Waals surface area contributed by atoms with Gasteiger partial charge in [-0.15, -0.1) is 0 Å². The van der Waals surface area contributed by atoms with Crippen LogP contribution in [0.3, 0.4) is 0 Å². The molecule has 4 heterocycles. The molecule has 0 bridgehead atoms. The summed E-state index contributed by atoms with van der Waals surface area (Å²) in [5.74, 6) is 1.37. The molecule has 4 aromatic rings. The van der Waals surface area contributed by atoms with Gasteiger partial charge in [-0.05, 0) is 42.0 Å². The number of nitrogens with zero attached hydrogens (tertiary/aromatic N) is 5. The molecule has 2 aliphatic heterocycles. The predicted molar refractivity (Wildman–Crippen MR) is 181 cm³/mol. The van der Waals surface area contributed by atoms with Gasteiger partial charge in [-0.1, -0.05) is 23.2 Å². The Morgan fingerprint density at radius 1 is 0.686 bits per heavy atom. The van der Waals surface area contributed by atoms with E-state index in [1.54, 1.807) is 0 Å². The Morgan fingerprint density at radius 2 is 1.18 bits per heavy atom. The van der Waals surface area contributed by atoms with Gasteiger partial charge in [0.1, 0.15) is 11.6 Å². The molecule has 11 nitrogen and oxygen atoms in total. The van der Waals surface area contributed by atoms with Crippen molar-refractivity contribution in [2.75, 3.05) is 62.2 Å². The van der Waals surface area contributed by atoms with Gasteiger partial charge in [-0.25, -0.2) is 9.97 Å². The minimum Gasteiger partial charge on any atom is -0.354 e. The highest BCUT2D eigenvalue weighted by molar-refractivity contribution is 6.33. The number of halogens is 8. The van der Waals surface area contributed by atoms with Crippen molar-refractivity contribution in [1.29, 1.82) is 0 Å². The first-order valence-electron chi connectivity index (χ1n) is 15.3. The fourth-order valence-corrected chi connectivity index (χ4v) is 5.35. The maximum atomic E-state index is 12.9. The summed E-state index contributed by atoms with van der Waals surface area (Å²) < 4.78 is 74.8. The molecule has 0 spiro atoms. The largest absolute Gasteiger partial charge is 0.416 e. The molecule has 0 aliphatic carbocycles. The van der Waals surface area contributed by atoms with E-state index in [4.69, 9.17) is 23.2 Å². The summed E-state index contributed by atoms with van der Waals surface area (Å²) in [6.45, 7) is 6.62. The van der Waals surface area contributed by atoms with Gasteiger partial charge >= 0.3 is 12.4 Å². The summed E-state index contributed by atoms with van der Waals surface area (Å²) >= 11 is 11.5. The second kappa shape index (κ2) is 17.7. The quantitative estimate of drug-likeness (QED) is 0.188. The number of nitrogens with one attached hydrogen (secondary N) is 3. The number of aromatic amines is 2. The molecular weight excluding hydrogens is 729 g/mol. The first kappa shape index (κ1) is 39.3. The molecule has 6 rings (SSSR count). The number of aromatic nitrogens is 4. The van der Waals surface area contributed by atoms with E-state index in [9.17, 15) is 40.7 Å². The zero-order chi connectivity index (χ0) is 37.2. The number of H-pyrrole nitrogens is 2. The van der Waals surface area contributed by atoms with Gasteiger partial charge in [0.25, 0.3) is 11.1 Å². The Bertz CT molecular complexity index is 1880. The fraction of sp³-hybridized carbons (Fsp3) is 0.344. The summed E-state index contributed by atoms with van der Waals surface area (Å²) in [4.78, 5) is 51.9. The molecule has 2 aliphatic rings. The number of hydrogen-bond acceptors (Lipinski definition) is 9. The Labute approximate surface area is 297 Å². The minimum absolute atomic E-state index is 0.0167. The second-order valence-corrected chi connectivity index (χ2v) is 12.0. The molecule has 0 saturated carbocycles. The van der Waals surface area contributed by atoms with Crippen molar-refractivity contribution in [3.63, 3.8) is 0 Å². The zero-order valence-corrected chi connectivity index (χ0v) is 28.2. The van der Waals surface area contributed by atoms with Crippen molar-refractivity contribution < 1.29 is 31.1 Å². The Morgan fingerprint density at radius 3 is 1.67 bits per heavy atom. The summed E-state index contributed by atoms with van der Waals surface area (Å²) in [6, 6.07) is 8.94. The summed E-state index contributed by atoms with van der Waals surface area (Å²) in [5, 5.41) is 3.59. The molecule has 51 heavy (non-hydrogen) atoms. The van der Waals surface area contributed by atoms with E-state index in [1.807, 2.05) is 9.80 Å². The first-order chi connectivity index (χ1) is 24.1. The van der Waals surface area contributed by atoms with Gasteiger partial charge in [-0.3, -0.25) is 19.3 Å². The standard InChI is InChI=1S/C16H16ClF3N4O.C8H4ClF3O.C8H12N4O/c17-13-2-1-12(16(18,19)20)7-11(13)9-23-3-5-24(6-4-23)14-8-15(25)22-10-21-14;9-7-2-1-6(8(10,11)12)3-5(7)4-13;13-8-5-7(10-6-11-8)12-3-1-9-2-4-12/h1-2,7-8,10H,3-6,9H2,(H,21,22,25);1-4H;5-6,9H,1-4H2,(H,10,11,13). The van der Waals surface area contributed by atoms with Crippen LogP contribution in [0.25, 0.3) is 0 Å². The number of rotatable bonds is 5. The number of piperazine rings is 2. The molecule has 0 amide bonds. The summed E-state index contributed by atoms with van der Waals surface area (Å²) in [6.07, 6.45) is -5.74. The lowest BCUT2D eigenvalue weighted by Gasteiger charge is -2.35. The van der Waals surface area contributed by atoms with Gasteiger partial charge in [0, 0.05) is 81.6 Å². The Kier molecular flexibility index (Phi) is 13.6. The molecule has 2 saturated heterocycles. The van der Waals surface area contributed by atoms with E-state index in [1.165, 1.54) is 30.9 Å². The molecular formula is C32H32Cl2F6N8O3. The van der Waals surface area contributed by atoms with Crippen LogP contribution >= 0.6 is 23.2 Å². The number of benzene rings is 2. The third kappa shape index (κ3) is 11.8. The highest BCUT2D eigenvalue weighted by atomic mass is 35.5. The van der Waals surface area contributed by atoms with Gasteiger partial charge in [0.2, 0.25) is 0 Å². The van der Waals surface area contributed by atoms with E-state index < -0.39 is 23.5 Å². The van der Waals surface area contributed by atoms with Crippen LogP contribution in [0, 0.1) is 0 Å². The number of anilines is 2. The molecule has 0 atom stereocenters. The smallest absolute Gasteiger partial charge is 0.354 e. The maximum Gasteiger partial charge on any atom is 0.416 e. The summed E-state index contributed by atoms with van der Waals surface area (Å²) in [5.41, 5.74) is -1.58. The van der Waals surface area contributed by atoms with E-state index in [0.29, 0.717) is 49.1 Å². The second-order valence-electron chi connectivity index (χ2n) is 11.2. The number of alkyl halides is 6. The van der Waals surface area contributed by atoms with Gasteiger partial charge < -0.3 is 25.1 Å². The Hall–Kier alpha value is -4.45.